The minimum absolute atomic E-state index is 0.0122. The zero-order valence-electron chi connectivity index (χ0n) is 16.3. The Hall–Kier alpha value is -2.43. The van der Waals surface area contributed by atoms with E-state index in [1.165, 1.54) is 23.1 Å². The predicted octanol–water partition coefficient (Wildman–Crippen LogP) is 4.66. The van der Waals surface area contributed by atoms with Crippen LogP contribution in [0.2, 0.25) is 0 Å². The molecule has 140 valence electrons. The van der Waals surface area contributed by atoms with Crippen LogP contribution in [0.15, 0.2) is 24.3 Å². The molecule has 5 heteroatoms. The van der Waals surface area contributed by atoms with Gasteiger partial charge in [0.25, 0.3) is 5.91 Å². The van der Waals surface area contributed by atoms with Gasteiger partial charge in [-0.25, -0.2) is 4.68 Å². The lowest BCUT2D eigenvalue weighted by molar-refractivity contribution is -0.116. The first-order valence-corrected chi connectivity index (χ1v) is 9.47. The van der Waals surface area contributed by atoms with Crippen LogP contribution in [0.3, 0.4) is 0 Å². The second kappa shape index (κ2) is 9.32. The molecule has 0 aliphatic carbocycles. The summed E-state index contributed by atoms with van der Waals surface area (Å²) in [6.07, 6.45) is 5.73. The molecule has 0 radical (unpaired) electrons. The van der Waals surface area contributed by atoms with Gasteiger partial charge in [-0.1, -0.05) is 26.7 Å². The first-order chi connectivity index (χ1) is 12.5. The molecule has 0 saturated carbocycles. The number of aryl methyl sites for hydroxylation is 1. The highest BCUT2D eigenvalue weighted by atomic mass is 16.2. The van der Waals surface area contributed by atoms with Crippen LogP contribution < -0.4 is 5.32 Å². The molecule has 1 heterocycles. The number of hydrogen-bond donors (Lipinski definition) is 1. The Labute approximate surface area is 155 Å². The Morgan fingerprint density at radius 2 is 1.73 bits per heavy atom. The third-order valence-corrected chi connectivity index (χ3v) is 4.56. The van der Waals surface area contributed by atoms with Gasteiger partial charge in [-0.15, -0.1) is 0 Å². The van der Waals surface area contributed by atoms with Gasteiger partial charge in [0.15, 0.2) is 0 Å². The van der Waals surface area contributed by atoms with E-state index in [2.05, 4.69) is 17.3 Å². The van der Waals surface area contributed by atoms with E-state index < -0.39 is 0 Å². The Morgan fingerprint density at radius 1 is 1.04 bits per heavy atom. The fourth-order valence-corrected chi connectivity index (χ4v) is 3.06. The van der Waals surface area contributed by atoms with Crippen molar-refractivity contribution < 1.29 is 9.59 Å². The summed E-state index contributed by atoms with van der Waals surface area (Å²) in [7, 11) is 0. The van der Waals surface area contributed by atoms with Gasteiger partial charge in [0, 0.05) is 23.4 Å². The molecule has 0 bridgehead atoms. The van der Waals surface area contributed by atoms with E-state index in [0.717, 1.165) is 30.7 Å². The molecule has 1 amide bonds. The molecule has 0 unspecified atom stereocenters. The lowest BCUT2D eigenvalue weighted by Gasteiger charge is -2.07. The molecule has 2 aromatic rings. The quantitative estimate of drug-likeness (QED) is 0.701. The monoisotopic (exact) mass is 355 g/mol. The Balaban J connectivity index is 2.13. The van der Waals surface area contributed by atoms with Crippen molar-refractivity contribution in [3.05, 3.63) is 46.8 Å². The summed E-state index contributed by atoms with van der Waals surface area (Å²) in [4.78, 5) is 24.5. The number of hydrogen-bond acceptors (Lipinski definition) is 3. The Morgan fingerprint density at radius 3 is 2.35 bits per heavy atom. The van der Waals surface area contributed by atoms with E-state index >= 15 is 0 Å². The Bertz CT molecular complexity index is 760. The zero-order chi connectivity index (χ0) is 19.1. The summed E-state index contributed by atoms with van der Waals surface area (Å²) in [6, 6.07) is 6.98. The van der Waals surface area contributed by atoms with Crippen molar-refractivity contribution >= 4 is 17.5 Å². The number of nitrogens with one attached hydrogen (secondary N) is 1. The number of unbranched alkanes of at least 4 members (excludes halogenated alkanes) is 2. The first-order valence-electron chi connectivity index (χ1n) is 9.47. The van der Waals surface area contributed by atoms with Gasteiger partial charge in [0.05, 0.1) is 5.69 Å². The normalized spacial score (nSPS) is 10.8. The lowest BCUT2D eigenvalue weighted by Crippen LogP contribution is -2.16. The van der Waals surface area contributed by atoms with Gasteiger partial charge in [-0.05, 0) is 62.9 Å². The maximum Gasteiger partial charge on any atom is 0.278 e. The smallest absolute Gasteiger partial charge is 0.278 e. The number of amides is 1. The largest absolute Gasteiger partial charge is 0.326 e. The number of carbonyl (C=O) groups is 2. The second-order valence-corrected chi connectivity index (χ2v) is 6.70. The molecule has 2 rings (SSSR count). The number of rotatable bonds is 8. The molecule has 0 atom stereocenters. The van der Waals surface area contributed by atoms with Crippen molar-refractivity contribution in [3.8, 4) is 0 Å². The number of benzene rings is 1. The fourth-order valence-electron chi connectivity index (χ4n) is 3.06. The number of aromatic nitrogens is 2. The molecular weight excluding hydrogens is 326 g/mol. The maximum atomic E-state index is 12.8. The van der Waals surface area contributed by atoms with Crippen LogP contribution in [-0.4, -0.2) is 21.6 Å². The summed E-state index contributed by atoms with van der Waals surface area (Å²) < 4.78 is 1.50. The zero-order valence-corrected chi connectivity index (χ0v) is 16.3. The third kappa shape index (κ3) is 4.81. The van der Waals surface area contributed by atoms with E-state index in [9.17, 15) is 9.59 Å². The highest BCUT2D eigenvalue weighted by molar-refractivity contribution is 5.97. The van der Waals surface area contributed by atoms with Crippen LogP contribution in [0.5, 0.6) is 0 Å². The highest BCUT2D eigenvalue weighted by Crippen LogP contribution is 2.18. The molecule has 0 fully saturated rings. The van der Waals surface area contributed by atoms with Crippen LogP contribution in [0.4, 0.5) is 5.69 Å². The van der Waals surface area contributed by atoms with Crippen LogP contribution in [0, 0.1) is 13.8 Å². The van der Waals surface area contributed by atoms with Gasteiger partial charge in [0.1, 0.15) is 0 Å². The topological polar surface area (TPSA) is 64.0 Å². The molecule has 1 aromatic heterocycles. The maximum absolute atomic E-state index is 12.8. The molecule has 0 aliphatic heterocycles. The summed E-state index contributed by atoms with van der Waals surface area (Å²) >= 11 is 0. The standard InChI is InChI=1S/C21H29N3O2/c1-5-7-8-10-19-15(3)23-24(16(19)4)21(26)17-11-13-18(14-12-17)22-20(25)9-6-2/h11-14H,5-10H2,1-4H3,(H,22,25). The fraction of sp³-hybridized carbons (Fsp3) is 0.476. The van der Waals surface area contributed by atoms with E-state index in [-0.39, 0.29) is 11.8 Å². The van der Waals surface area contributed by atoms with Crippen molar-refractivity contribution in [2.24, 2.45) is 0 Å². The highest BCUT2D eigenvalue weighted by Gasteiger charge is 2.17. The number of nitrogens with zero attached hydrogens (tertiary/aromatic N) is 2. The molecule has 5 nitrogen and oxygen atoms in total. The number of anilines is 1. The summed E-state index contributed by atoms with van der Waals surface area (Å²) in [5, 5.41) is 7.29. The second-order valence-electron chi connectivity index (χ2n) is 6.70. The van der Waals surface area contributed by atoms with Gasteiger partial charge >= 0.3 is 0 Å². The van der Waals surface area contributed by atoms with Crippen LogP contribution in [0.25, 0.3) is 0 Å². The first kappa shape index (κ1) is 19.9. The van der Waals surface area contributed by atoms with Crippen LogP contribution >= 0.6 is 0 Å². The van der Waals surface area contributed by atoms with E-state index in [1.807, 2.05) is 20.8 Å². The van der Waals surface area contributed by atoms with Gasteiger partial charge in [-0.3, -0.25) is 9.59 Å². The molecule has 0 aliphatic rings. The molecule has 0 spiro atoms. The molecule has 1 aromatic carbocycles. The van der Waals surface area contributed by atoms with Crippen molar-refractivity contribution in [2.75, 3.05) is 5.32 Å². The average molecular weight is 355 g/mol. The molecule has 0 saturated heterocycles. The Kier molecular flexibility index (Phi) is 7.13. The summed E-state index contributed by atoms with van der Waals surface area (Å²) in [6.45, 7) is 8.07. The predicted molar refractivity (Wildman–Crippen MR) is 105 cm³/mol. The summed E-state index contributed by atoms with van der Waals surface area (Å²) in [5.41, 5.74) is 4.28. The van der Waals surface area contributed by atoms with Gasteiger partial charge in [0.2, 0.25) is 5.91 Å². The molecule has 26 heavy (non-hydrogen) atoms. The van der Waals surface area contributed by atoms with Crippen LogP contribution in [-0.2, 0) is 11.2 Å². The van der Waals surface area contributed by atoms with Crippen molar-refractivity contribution in [1.82, 2.24) is 9.78 Å². The van der Waals surface area contributed by atoms with Gasteiger partial charge < -0.3 is 5.32 Å². The molecular formula is C21H29N3O2. The van der Waals surface area contributed by atoms with Crippen molar-refractivity contribution in [3.63, 3.8) is 0 Å². The third-order valence-electron chi connectivity index (χ3n) is 4.56. The van der Waals surface area contributed by atoms with Crippen molar-refractivity contribution in [2.45, 2.75) is 66.2 Å². The van der Waals surface area contributed by atoms with E-state index in [1.54, 1.807) is 24.3 Å². The van der Waals surface area contributed by atoms with E-state index in [0.29, 0.717) is 17.7 Å². The average Bonchev–Trinajstić information content (AvgIpc) is 2.90. The van der Waals surface area contributed by atoms with Crippen molar-refractivity contribution in [1.29, 1.82) is 0 Å². The minimum Gasteiger partial charge on any atom is -0.326 e. The number of carbonyl (C=O) groups excluding carboxylic acids is 2. The van der Waals surface area contributed by atoms with Crippen LogP contribution in [0.1, 0.15) is 73.3 Å². The summed E-state index contributed by atoms with van der Waals surface area (Å²) in [5.74, 6) is -0.152. The lowest BCUT2D eigenvalue weighted by atomic mass is 10.1. The molecule has 1 N–H and O–H groups in total. The van der Waals surface area contributed by atoms with Gasteiger partial charge in [-0.2, -0.15) is 5.10 Å². The van der Waals surface area contributed by atoms with E-state index in [4.69, 9.17) is 0 Å². The minimum atomic E-state index is -0.140. The SMILES string of the molecule is CCCCCc1c(C)nn(C(=O)c2ccc(NC(=O)CCC)cc2)c1C.